The van der Waals surface area contributed by atoms with Crippen LogP contribution in [0.2, 0.25) is 0 Å². The van der Waals surface area contributed by atoms with E-state index in [1.165, 1.54) is 10.9 Å². The topological polar surface area (TPSA) is 102 Å². The summed E-state index contributed by atoms with van der Waals surface area (Å²) in [6.45, 7) is 0.294. The molecule has 1 saturated carbocycles. The maximum absolute atomic E-state index is 12.5. The van der Waals surface area contributed by atoms with E-state index in [1.54, 1.807) is 30.3 Å². The van der Waals surface area contributed by atoms with Crippen molar-refractivity contribution in [2.45, 2.75) is 31.7 Å². The van der Waals surface area contributed by atoms with Crippen molar-refractivity contribution in [1.29, 1.82) is 0 Å². The minimum atomic E-state index is -0.155. The fourth-order valence-corrected chi connectivity index (χ4v) is 2.52. The summed E-state index contributed by atoms with van der Waals surface area (Å²) in [5.74, 6) is 1.44. The predicted octanol–water partition coefficient (Wildman–Crippen LogP) is 1.05. The van der Waals surface area contributed by atoms with E-state index >= 15 is 0 Å². The Bertz CT molecular complexity index is 852. The molecule has 0 N–H and O–H groups in total. The van der Waals surface area contributed by atoms with Crippen molar-refractivity contribution in [1.82, 2.24) is 35.1 Å². The van der Waals surface area contributed by atoms with Crippen LogP contribution in [0.1, 0.15) is 47.3 Å². The first kappa shape index (κ1) is 13.8. The first-order valence-electron chi connectivity index (χ1n) is 7.46. The maximum atomic E-state index is 12.5. The standard InChI is InChI=1S/C14H15N7O2/c1-20(8-11-15-13(23-17-11)9-3-2-4-9)14(22)10-5-6-12-16-18-19-21(12)7-10/h5-7,9H,2-4,8H2,1H3. The molecule has 3 aromatic rings. The summed E-state index contributed by atoms with van der Waals surface area (Å²) in [6, 6.07) is 3.39. The van der Waals surface area contributed by atoms with Gasteiger partial charge in [-0.3, -0.25) is 4.79 Å². The first-order chi connectivity index (χ1) is 11.2. The van der Waals surface area contributed by atoms with E-state index in [0.717, 1.165) is 12.8 Å². The molecule has 9 heteroatoms. The number of rotatable bonds is 4. The Morgan fingerprint density at radius 2 is 2.30 bits per heavy atom. The highest BCUT2D eigenvalue weighted by molar-refractivity contribution is 5.93. The molecular formula is C14H15N7O2. The third kappa shape index (κ3) is 2.54. The van der Waals surface area contributed by atoms with Crippen molar-refractivity contribution < 1.29 is 9.32 Å². The molecule has 118 valence electrons. The van der Waals surface area contributed by atoms with Gasteiger partial charge in [0.1, 0.15) is 0 Å². The van der Waals surface area contributed by atoms with Gasteiger partial charge in [-0.25, -0.2) is 0 Å². The van der Waals surface area contributed by atoms with Crippen molar-refractivity contribution in [2.75, 3.05) is 7.05 Å². The fourth-order valence-electron chi connectivity index (χ4n) is 2.52. The molecule has 3 heterocycles. The highest BCUT2D eigenvalue weighted by Gasteiger charge is 2.26. The van der Waals surface area contributed by atoms with Crippen LogP contribution in [0.3, 0.4) is 0 Å². The van der Waals surface area contributed by atoms with Crippen molar-refractivity contribution in [2.24, 2.45) is 0 Å². The summed E-state index contributed by atoms with van der Waals surface area (Å²) >= 11 is 0. The Kier molecular flexibility index (Phi) is 3.25. The van der Waals surface area contributed by atoms with Gasteiger partial charge in [0.05, 0.1) is 12.1 Å². The molecule has 3 aromatic heterocycles. The van der Waals surface area contributed by atoms with Crippen LogP contribution in [0.4, 0.5) is 0 Å². The molecule has 9 nitrogen and oxygen atoms in total. The largest absolute Gasteiger partial charge is 0.339 e. The first-order valence-corrected chi connectivity index (χ1v) is 7.46. The highest BCUT2D eigenvalue weighted by atomic mass is 16.5. The van der Waals surface area contributed by atoms with E-state index in [9.17, 15) is 4.79 Å². The van der Waals surface area contributed by atoms with E-state index in [0.29, 0.717) is 35.4 Å². The molecule has 4 rings (SSSR count). The lowest BCUT2D eigenvalue weighted by Gasteiger charge is -2.20. The number of carbonyl (C=O) groups excluding carboxylic acids is 1. The van der Waals surface area contributed by atoms with Crippen LogP contribution in [0, 0.1) is 0 Å². The Balaban J connectivity index is 1.47. The normalized spacial score (nSPS) is 14.8. The summed E-state index contributed by atoms with van der Waals surface area (Å²) in [5.41, 5.74) is 1.09. The molecule has 0 radical (unpaired) electrons. The molecule has 0 unspecified atom stereocenters. The van der Waals surface area contributed by atoms with Crippen LogP contribution in [-0.4, -0.2) is 48.0 Å². The van der Waals surface area contributed by atoms with Gasteiger partial charge in [0.2, 0.25) is 5.89 Å². The van der Waals surface area contributed by atoms with Gasteiger partial charge in [0.25, 0.3) is 5.91 Å². The molecule has 1 amide bonds. The average Bonchev–Trinajstić information content (AvgIpc) is 3.13. The van der Waals surface area contributed by atoms with E-state index in [4.69, 9.17) is 4.52 Å². The van der Waals surface area contributed by atoms with Gasteiger partial charge in [-0.15, -0.1) is 5.10 Å². The van der Waals surface area contributed by atoms with E-state index < -0.39 is 0 Å². The summed E-state index contributed by atoms with van der Waals surface area (Å²) in [6.07, 6.45) is 5.01. The van der Waals surface area contributed by atoms with Gasteiger partial charge in [0, 0.05) is 19.2 Å². The summed E-state index contributed by atoms with van der Waals surface area (Å²) in [4.78, 5) is 18.4. The monoisotopic (exact) mass is 313 g/mol. The van der Waals surface area contributed by atoms with E-state index in [-0.39, 0.29) is 5.91 Å². The molecule has 0 aliphatic heterocycles. The van der Waals surface area contributed by atoms with Crippen LogP contribution >= 0.6 is 0 Å². The Morgan fingerprint density at radius 3 is 3.09 bits per heavy atom. The SMILES string of the molecule is CN(Cc1noc(C2CCC2)n1)C(=O)c1ccc2nnnn2c1. The zero-order chi connectivity index (χ0) is 15.8. The molecule has 0 spiro atoms. The minimum Gasteiger partial charge on any atom is -0.339 e. The Labute approximate surface area is 131 Å². The Hall–Kier alpha value is -2.84. The second kappa shape index (κ2) is 5.41. The van der Waals surface area contributed by atoms with Crippen LogP contribution in [-0.2, 0) is 6.54 Å². The van der Waals surface area contributed by atoms with E-state index in [2.05, 4.69) is 25.7 Å². The number of carbonyl (C=O) groups is 1. The maximum Gasteiger partial charge on any atom is 0.255 e. The summed E-state index contributed by atoms with van der Waals surface area (Å²) < 4.78 is 6.73. The van der Waals surface area contributed by atoms with Crippen molar-refractivity contribution >= 4 is 11.6 Å². The van der Waals surface area contributed by atoms with Crippen LogP contribution < -0.4 is 0 Å². The molecule has 0 atom stereocenters. The zero-order valence-corrected chi connectivity index (χ0v) is 12.6. The van der Waals surface area contributed by atoms with Gasteiger partial charge >= 0.3 is 0 Å². The number of fused-ring (bicyclic) bond motifs is 1. The number of amides is 1. The predicted molar refractivity (Wildman–Crippen MR) is 77.5 cm³/mol. The molecule has 23 heavy (non-hydrogen) atoms. The highest BCUT2D eigenvalue weighted by Crippen LogP contribution is 2.35. The molecule has 1 aliphatic rings. The number of hydrogen-bond donors (Lipinski definition) is 0. The number of nitrogens with zero attached hydrogens (tertiary/aromatic N) is 7. The van der Waals surface area contributed by atoms with Gasteiger partial charge in [0.15, 0.2) is 11.5 Å². The molecule has 0 bridgehead atoms. The Morgan fingerprint density at radius 1 is 1.43 bits per heavy atom. The molecule has 0 saturated heterocycles. The summed E-state index contributed by atoms with van der Waals surface area (Å²) in [7, 11) is 1.70. The number of hydrogen-bond acceptors (Lipinski definition) is 7. The number of tetrazole rings is 1. The fraction of sp³-hybridized carbons (Fsp3) is 0.429. The second-order valence-electron chi connectivity index (χ2n) is 5.74. The van der Waals surface area contributed by atoms with Gasteiger partial charge in [-0.2, -0.15) is 9.50 Å². The van der Waals surface area contributed by atoms with Gasteiger partial charge < -0.3 is 9.42 Å². The van der Waals surface area contributed by atoms with Crippen molar-refractivity contribution in [3.63, 3.8) is 0 Å². The third-order valence-corrected chi connectivity index (χ3v) is 4.10. The summed E-state index contributed by atoms with van der Waals surface area (Å²) in [5, 5.41) is 15.1. The smallest absolute Gasteiger partial charge is 0.255 e. The third-order valence-electron chi connectivity index (χ3n) is 4.10. The van der Waals surface area contributed by atoms with Crippen molar-refractivity contribution in [3.8, 4) is 0 Å². The molecule has 1 fully saturated rings. The van der Waals surface area contributed by atoms with Crippen LogP contribution in [0.25, 0.3) is 5.65 Å². The van der Waals surface area contributed by atoms with Crippen LogP contribution in [0.15, 0.2) is 22.9 Å². The lowest BCUT2D eigenvalue weighted by molar-refractivity contribution is 0.0780. The second-order valence-corrected chi connectivity index (χ2v) is 5.74. The van der Waals surface area contributed by atoms with Gasteiger partial charge in [-0.05, 0) is 35.4 Å². The quantitative estimate of drug-likeness (QED) is 0.709. The van der Waals surface area contributed by atoms with Gasteiger partial charge in [-0.1, -0.05) is 11.6 Å². The number of pyridine rings is 1. The lowest BCUT2D eigenvalue weighted by atomic mass is 9.85. The van der Waals surface area contributed by atoms with Crippen molar-refractivity contribution in [3.05, 3.63) is 35.6 Å². The zero-order valence-electron chi connectivity index (χ0n) is 12.6. The molecular weight excluding hydrogens is 298 g/mol. The van der Waals surface area contributed by atoms with Crippen LogP contribution in [0.5, 0.6) is 0 Å². The molecule has 1 aliphatic carbocycles. The van der Waals surface area contributed by atoms with E-state index in [1.807, 2.05) is 0 Å². The lowest BCUT2D eigenvalue weighted by Crippen LogP contribution is -2.27. The minimum absolute atomic E-state index is 0.155. The average molecular weight is 313 g/mol. The molecule has 0 aromatic carbocycles. The number of aromatic nitrogens is 6.